The van der Waals surface area contributed by atoms with Crippen molar-refractivity contribution in [3.8, 4) is 11.5 Å². The number of para-hydroxylation sites is 2. The molecule has 2 aromatic carbocycles. The lowest BCUT2D eigenvalue weighted by atomic mass is 10.2. The number of hydrogen-bond donors (Lipinski definition) is 2. The van der Waals surface area contributed by atoms with Gasteiger partial charge in [-0.05, 0) is 37.1 Å². The summed E-state index contributed by atoms with van der Waals surface area (Å²) in [6.07, 6.45) is 2.51. The van der Waals surface area contributed by atoms with Crippen LogP contribution >= 0.6 is 0 Å². The average molecular weight is 420 g/mol. The number of carbonyl (C=O) groups is 2. The maximum atomic E-state index is 12.8. The lowest BCUT2D eigenvalue weighted by molar-refractivity contribution is -0.122. The smallest absolute Gasteiger partial charge is 0.244 e. The topological polar surface area (TPSA) is 94.5 Å². The molecular formula is C23H24N4O4. The van der Waals surface area contributed by atoms with Gasteiger partial charge in [-0.2, -0.15) is 0 Å². The molecular weight excluding hydrogens is 396 g/mol. The highest BCUT2D eigenvalue weighted by molar-refractivity contribution is 5.92. The van der Waals surface area contributed by atoms with Crippen molar-refractivity contribution in [1.29, 1.82) is 0 Å². The van der Waals surface area contributed by atoms with E-state index in [-0.39, 0.29) is 24.3 Å². The van der Waals surface area contributed by atoms with E-state index in [1.165, 1.54) is 0 Å². The van der Waals surface area contributed by atoms with Crippen molar-refractivity contribution in [2.24, 2.45) is 5.92 Å². The van der Waals surface area contributed by atoms with Gasteiger partial charge in [0.1, 0.15) is 25.6 Å². The molecule has 31 heavy (non-hydrogen) atoms. The molecule has 2 heterocycles. The molecule has 2 N–H and O–H groups in total. The molecule has 2 amide bonds. The summed E-state index contributed by atoms with van der Waals surface area (Å²) >= 11 is 0. The first-order valence-electron chi connectivity index (χ1n) is 10.6. The monoisotopic (exact) mass is 420 g/mol. The molecule has 8 nitrogen and oxygen atoms in total. The third-order valence-corrected chi connectivity index (χ3v) is 5.46. The second-order valence-corrected chi connectivity index (χ2v) is 7.82. The van der Waals surface area contributed by atoms with Gasteiger partial charge in [-0.15, -0.1) is 0 Å². The summed E-state index contributed by atoms with van der Waals surface area (Å²) in [6, 6.07) is 13.1. The van der Waals surface area contributed by atoms with E-state index in [4.69, 9.17) is 9.47 Å². The molecule has 0 spiro atoms. The highest BCUT2D eigenvalue weighted by atomic mass is 16.6. The van der Waals surface area contributed by atoms with E-state index < -0.39 is 0 Å². The Morgan fingerprint density at radius 2 is 1.87 bits per heavy atom. The summed E-state index contributed by atoms with van der Waals surface area (Å²) in [4.78, 5) is 29.4. The molecule has 3 aromatic rings. The number of aromatic nitrogens is 2. The SMILES string of the molecule is O=C(Cn1c(CCNC(=O)C2CC2)nc2ccccc21)Nc1ccc2c(c1)OCCO2. The predicted molar refractivity (Wildman–Crippen MR) is 115 cm³/mol. The van der Waals surface area contributed by atoms with Crippen LogP contribution in [0.25, 0.3) is 11.0 Å². The molecule has 160 valence electrons. The molecule has 0 radical (unpaired) electrons. The quantitative estimate of drug-likeness (QED) is 0.613. The van der Waals surface area contributed by atoms with Gasteiger partial charge in [-0.3, -0.25) is 9.59 Å². The second kappa shape index (κ2) is 8.29. The molecule has 1 aliphatic heterocycles. The number of benzene rings is 2. The van der Waals surface area contributed by atoms with Crippen LogP contribution < -0.4 is 20.1 Å². The molecule has 0 bridgehead atoms. The summed E-state index contributed by atoms with van der Waals surface area (Å²) in [5.74, 6) is 2.21. The lowest BCUT2D eigenvalue weighted by Gasteiger charge is -2.19. The zero-order valence-electron chi connectivity index (χ0n) is 17.1. The van der Waals surface area contributed by atoms with E-state index in [9.17, 15) is 9.59 Å². The standard InChI is InChI=1S/C23H24N4O4/c28-22(25-16-7-8-19-20(13-16)31-12-11-30-19)14-27-18-4-2-1-3-17(18)26-21(27)9-10-24-23(29)15-5-6-15/h1-4,7-8,13,15H,5-6,9-12,14H2,(H,24,29)(H,25,28). The maximum absolute atomic E-state index is 12.8. The normalized spacial score (nSPS) is 15.0. The molecule has 0 unspecified atom stereocenters. The van der Waals surface area contributed by atoms with Gasteiger partial charge in [-0.1, -0.05) is 12.1 Å². The van der Waals surface area contributed by atoms with Crippen LogP contribution in [0.5, 0.6) is 11.5 Å². The molecule has 5 rings (SSSR count). The lowest BCUT2D eigenvalue weighted by Crippen LogP contribution is -2.28. The number of fused-ring (bicyclic) bond motifs is 2. The van der Waals surface area contributed by atoms with Crippen LogP contribution in [-0.2, 0) is 22.6 Å². The molecule has 1 aromatic heterocycles. The summed E-state index contributed by atoms with van der Waals surface area (Å²) < 4.78 is 13.0. The van der Waals surface area contributed by atoms with E-state index in [1.807, 2.05) is 28.8 Å². The molecule has 0 saturated heterocycles. The average Bonchev–Trinajstić information content (AvgIpc) is 3.58. The van der Waals surface area contributed by atoms with E-state index >= 15 is 0 Å². The Balaban J connectivity index is 1.30. The predicted octanol–water partition coefficient (Wildman–Crippen LogP) is 2.51. The first kappa shape index (κ1) is 19.4. The fraction of sp³-hybridized carbons (Fsp3) is 0.348. The summed E-state index contributed by atoms with van der Waals surface area (Å²) in [5, 5.41) is 5.90. The van der Waals surface area contributed by atoms with Crippen LogP contribution in [0, 0.1) is 5.92 Å². The highest BCUT2D eigenvalue weighted by Gasteiger charge is 2.29. The van der Waals surface area contributed by atoms with Crippen molar-refractivity contribution in [3.63, 3.8) is 0 Å². The minimum absolute atomic E-state index is 0.110. The summed E-state index contributed by atoms with van der Waals surface area (Å²) in [6.45, 7) is 1.64. The molecule has 1 saturated carbocycles. The number of nitrogens with zero attached hydrogens (tertiary/aromatic N) is 2. The molecule has 1 fully saturated rings. The van der Waals surface area contributed by atoms with Crippen LogP contribution in [0.3, 0.4) is 0 Å². The van der Waals surface area contributed by atoms with Crippen LogP contribution in [-0.4, -0.2) is 41.1 Å². The third-order valence-electron chi connectivity index (χ3n) is 5.46. The Labute approximate surface area is 179 Å². The number of rotatable bonds is 7. The van der Waals surface area contributed by atoms with Crippen LogP contribution in [0.2, 0.25) is 0 Å². The largest absolute Gasteiger partial charge is 0.486 e. The van der Waals surface area contributed by atoms with E-state index in [0.717, 1.165) is 29.7 Å². The van der Waals surface area contributed by atoms with Crippen LogP contribution in [0.1, 0.15) is 18.7 Å². The number of anilines is 1. The van der Waals surface area contributed by atoms with Gasteiger partial charge in [0.05, 0.1) is 11.0 Å². The zero-order chi connectivity index (χ0) is 21.2. The first-order valence-corrected chi connectivity index (χ1v) is 10.6. The number of carbonyl (C=O) groups excluding carboxylic acids is 2. The van der Waals surface area contributed by atoms with E-state index in [0.29, 0.717) is 43.4 Å². The van der Waals surface area contributed by atoms with Crippen LogP contribution in [0.4, 0.5) is 5.69 Å². The zero-order valence-corrected chi connectivity index (χ0v) is 17.1. The summed E-state index contributed by atoms with van der Waals surface area (Å²) in [5.41, 5.74) is 2.37. The molecule has 8 heteroatoms. The Bertz CT molecular complexity index is 1140. The van der Waals surface area contributed by atoms with Gasteiger partial charge in [0.2, 0.25) is 11.8 Å². The van der Waals surface area contributed by atoms with Crippen molar-refractivity contribution in [1.82, 2.24) is 14.9 Å². The molecule has 2 aliphatic rings. The Kier molecular flexibility index (Phi) is 5.19. The van der Waals surface area contributed by atoms with Gasteiger partial charge in [0, 0.05) is 30.6 Å². The van der Waals surface area contributed by atoms with Crippen molar-refractivity contribution >= 4 is 28.5 Å². The fourth-order valence-electron chi connectivity index (χ4n) is 3.75. The van der Waals surface area contributed by atoms with Crippen molar-refractivity contribution in [2.45, 2.75) is 25.8 Å². The number of amides is 2. The minimum Gasteiger partial charge on any atom is -0.486 e. The second-order valence-electron chi connectivity index (χ2n) is 7.82. The van der Waals surface area contributed by atoms with Gasteiger partial charge in [0.15, 0.2) is 11.5 Å². The van der Waals surface area contributed by atoms with Crippen molar-refractivity contribution in [2.75, 3.05) is 25.1 Å². The third kappa shape index (κ3) is 4.33. The minimum atomic E-state index is -0.164. The van der Waals surface area contributed by atoms with Gasteiger partial charge in [0.25, 0.3) is 0 Å². The molecule has 1 aliphatic carbocycles. The van der Waals surface area contributed by atoms with Gasteiger partial charge >= 0.3 is 0 Å². The van der Waals surface area contributed by atoms with Crippen LogP contribution in [0.15, 0.2) is 42.5 Å². The number of nitrogens with one attached hydrogen (secondary N) is 2. The Morgan fingerprint density at radius 3 is 2.71 bits per heavy atom. The Morgan fingerprint density at radius 1 is 1.06 bits per heavy atom. The van der Waals surface area contributed by atoms with Gasteiger partial charge in [-0.25, -0.2) is 4.98 Å². The number of imidazole rings is 1. The number of ether oxygens (including phenoxy) is 2. The van der Waals surface area contributed by atoms with Crippen molar-refractivity contribution < 1.29 is 19.1 Å². The first-order chi connectivity index (χ1) is 15.2. The fourth-order valence-corrected chi connectivity index (χ4v) is 3.75. The Hall–Kier alpha value is -3.55. The summed E-state index contributed by atoms with van der Waals surface area (Å²) in [7, 11) is 0. The highest BCUT2D eigenvalue weighted by Crippen LogP contribution is 2.32. The van der Waals surface area contributed by atoms with Gasteiger partial charge < -0.3 is 24.7 Å². The number of hydrogen-bond acceptors (Lipinski definition) is 5. The maximum Gasteiger partial charge on any atom is 0.244 e. The van der Waals surface area contributed by atoms with E-state index in [2.05, 4.69) is 15.6 Å². The van der Waals surface area contributed by atoms with E-state index in [1.54, 1.807) is 18.2 Å². The van der Waals surface area contributed by atoms with Crippen molar-refractivity contribution in [3.05, 3.63) is 48.3 Å². The molecule has 0 atom stereocenters.